The molecule has 0 saturated carbocycles. The SMILES string of the molecule is c1ccc(-c2ccc3c(c2)c2ccccc2n3-c2nc(-c3ccccc3)nc(-c3cccc4c3oc3cc(-c5nc(-c6ccccc6)c6oc7ccccc7c6n5)ccc34)n2)cc1. The van der Waals surface area contributed by atoms with Crippen LogP contribution in [0.5, 0.6) is 0 Å². The fourth-order valence-electron chi connectivity index (χ4n) is 8.93. The van der Waals surface area contributed by atoms with Crippen LogP contribution < -0.4 is 0 Å². The second kappa shape index (κ2) is 13.9. The lowest BCUT2D eigenvalue weighted by atomic mass is 10.0. The van der Waals surface area contributed by atoms with Crippen molar-refractivity contribution < 1.29 is 8.83 Å². The summed E-state index contributed by atoms with van der Waals surface area (Å²) in [4.78, 5) is 25.8. The van der Waals surface area contributed by atoms with Crippen LogP contribution in [-0.4, -0.2) is 29.5 Å². The maximum atomic E-state index is 6.85. The molecule has 0 N–H and O–H groups in total. The molecule has 0 spiro atoms. The molecule has 13 aromatic rings. The molecule has 63 heavy (non-hydrogen) atoms. The molecule has 0 aliphatic heterocycles. The predicted octanol–water partition coefficient (Wildman–Crippen LogP) is 13.9. The lowest BCUT2D eigenvalue weighted by molar-refractivity contribution is 0.667. The van der Waals surface area contributed by atoms with Crippen LogP contribution in [0.2, 0.25) is 0 Å². The minimum atomic E-state index is 0.503. The second-order valence-corrected chi connectivity index (χ2v) is 15.6. The number of para-hydroxylation sites is 3. The summed E-state index contributed by atoms with van der Waals surface area (Å²) in [5.41, 5.74) is 12.0. The maximum absolute atomic E-state index is 6.85. The normalized spacial score (nSPS) is 11.8. The Balaban J connectivity index is 0.995. The standard InChI is InChI=1S/C55H32N6O2/c1-4-15-33(16-5-1)36-28-30-45-43(31-36)38-21-10-12-25-44(38)61(45)55-59-52(35-19-8-3-9-20-35)58-54(60-55)42-24-14-23-40-39-29-27-37(32-47(39)63-50(40)42)53-56-48(34-17-6-2-7-18-34)51-49(57-53)41-22-11-13-26-46(41)62-51/h1-32H. The van der Waals surface area contributed by atoms with Gasteiger partial charge in [0.15, 0.2) is 23.1 Å². The van der Waals surface area contributed by atoms with Gasteiger partial charge in [-0.25, -0.2) is 15.0 Å². The predicted molar refractivity (Wildman–Crippen MR) is 251 cm³/mol. The Morgan fingerprint density at radius 1 is 0.333 bits per heavy atom. The number of hydrogen-bond acceptors (Lipinski definition) is 7. The summed E-state index contributed by atoms with van der Waals surface area (Å²) >= 11 is 0. The van der Waals surface area contributed by atoms with Crippen LogP contribution in [0.15, 0.2) is 203 Å². The van der Waals surface area contributed by atoms with Gasteiger partial charge >= 0.3 is 0 Å². The summed E-state index contributed by atoms with van der Waals surface area (Å²) in [7, 11) is 0. The smallest absolute Gasteiger partial charge is 0.238 e. The molecule has 294 valence electrons. The first-order valence-corrected chi connectivity index (χ1v) is 20.8. The van der Waals surface area contributed by atoms with Gasteiger partial charge in [0.1, 0.15) is 28.0 Å². The van der Waals surface area contributed by atoms with E-state index in [2.05, 4.69) is 89.5 Å². The van der Waals surface area contributed by atoms with Gasteiger partial charge < -0.3 is 8.83 Å². The molecule has 0 radical (unpaired) electrons. The summed E-state index contributed by atoms with van der Waals surface area (Å²) in [6.45, 7) is 0. The number of fused-ring (bicyclic) bond motifs is 9. The molecule has 5 heterocycles. The van der Waals surface area contributed by atoms with Gasteiger partial charge in [0, 0.05) is 43.6 Å². The molecule has 0 unspecified atom stereocenters. The Bertz CT molecular complexity index is 3910. The number of aromatic nitrogens is 6. The number of benzene rings is 8. The molecule has 0 bridgehead atoms. The van der Waals surface area contributed by atoms with Crippen molar-refractivity contribution in [2.24, 2.45) is 0 Å². The molecule has 8 heteroatoms. The Hall–Kier alpha value is -8.75. The highest BCUT2D eigenvalue weighted by Crippen LogP contribution is 2.40. The van der Waals surface area contributed by atoms with E-state index in [4.69, 9.17) is 33.8 Å². The molecule has 0 fully saturated rings. The first-order chi connectivity index (χ1) is 31.2. The van der Waals surface area contributed by atoms with Crippen LogP contribution in [0.4, 0.5) is 0 Å². The zero-order chi connectivity index (χ0) is 41.4. The van der Waals surface area contributed by atoms with Gasteiger partial charge in [-0.15, -0.1) is 0 Å². The zero-order valence-corrected chi connectivity index (χ0v) is 33.5. The molecular weight excluding hydrogens is 777 g/mol. The third kappa shape index (κ3) is 5.66. The average Bonchev–Trinajstić information content (AvgIpc) is 4.03. The largest absolute Gasteiger partial charge is 0.455 e. The van der Waals surface area contributed by atoms with Crippen molar-refractivity contribution in [2.75, 3.05) is 0 Å². The summed E-state index contributed by atoms with van der Waals surface area (Å²) in [5.74, 6) is 2.16. The van der Waals surface area contributed by atoms with Crippen LogP contribution in [-0.2, 0) is 0 Å². The van der Waals surface area contributed by atoms with Gasteiger partial charge in [-0.2, -0.15) is 9.97 Å². The van der Waals surface area contributed by atoms with Crippen molar-refractivity contribution in [3.63, 3.8) is 0 Å². The molecule has 5 aromatic heterocycles. The van der Waals surface area contributed by atoms with E-state index < -0.39 is 0 Å². The highest BCUT2D eigenvalue weighted by atomic mass is 16.3. The fourth-order valence-corrected chi connectivity index (χ4v) is 8.93. The average molecular weight is 809 g/mol. The minimum Gasteiger partial charge on any atom is -0.455 e. The highest BCUT2D eigenvalue weighted by molar-refractivity contribution is 6.12. The first-order valence-electron chi connectivity index (χ1n) is 20.8. The van der Waals surface area contributed by atoms with Crippen molar-refractivity contribution >= 4 is 65.8 Å². The van der Waals surface area contributed by atoms with Gasteiger partial charge in [-0.1, -0.05) is 146 Å². The van der Waals surface area contributed by atoms with E-state index in [9.17, 15) is 0 Å². The minimum absolute atomic E-state index is 0.503. The molecule has 0 saturated heterocycles. The van der Waals surface area contributed by atoms with Gasteiger partial charge in [0.2, 0.25) is 5.95 Å². The van der Waals surface area contributed by atoms with E-state index in [0.29, 0.717) is 40.2 Å². The van der Waals surface area contributed by atoms with Crippen molar-refractivity contribution in [1.82, 2.24) is 29.5 Å². The van der Waals surface area contributed by atoms with Gasteiger partial charge in [-0.3, -0.25) is 4.57 Å². The van der Waals surface area contributed by atoms with E-state index in [1.165, 1.54) is 0 Å². The molecule has 0 aliphatic rings. The van der Waals surface area contributed by atoms with Gasteiger partial charge in [0.25, 0.3) is 0 Å². The van der Waals surface area contributed by atoms with E-state index in [-0.39, 0.29) is 0 Å². The number of nitrogens with zero attached hydrogens (tertiary/aromatic N) is 6. The number of rotatable bonds is 6. The van der Waals surface area contributed by atoms with Crippen LogP contribution in [0.1, 0.15) is 0 Å². The first kappa shape index (κ1) is 35.0. The Labute approximate surface area is 359 Å². The lowest BCUT2D eigenvalue weighted by Crippen LogP contribution is -2.06. The monoisotopic (exact) mass is 808 g/mol. The summed E-state index contributed by atoms with van der Waals surface area (Å²) in [6, 6.07) is 65.9. The fraction of sp³-hybridized carbons (Fsp3) is 0. The molecule has 13 rings (SSSR count). The topological polar surface area (TPSA) is 95.7 Å². The highest BCUT2D eigenvalue weighted by Gasteiger charge is 2.22. The zero-order valence-electron chi connectivity index (χ0n) is 33.5. The molecule has 8 nitrogen and oxygen atoms in total. The van der Waals surface area contributed by atoms with Crippen molar-refractivity contribution in [3.8, 4) is 62.5 Å². The number of furan rings is 2. The Morgan fingerprint density at radius 3 is 1.79 bits per heavy atom. The summed E-state index contributed by atoms with van der Waals surface area (Å²) in [5, 5.41) is 5.08. The molecule has 8 aromatic carbocycles. The summed E-state index contributed by atoms with van der Waals surface area (Å²) in [6.07, 6.45) is 0. The van der Waals surface area contributed by atoms with Crippen LogP contribution in [0.3, 0.4) is 0 Å². The van der Waals surface area contributed by atoms with E-state index >= 15 is 0 Å². The van der Waals surface area contributed by atoms with Crippen molar-refractivity contribution in [3.05, 3.63) is 194 Å². The Kier molecular flexibility index (Phi) is 7.74. The van der Waals surface area contributed by atoms with Crippen molar-refractivity contribution in [1.29, 1.82) is 0 Å². The number of hydrogen-bond donors (Lipinski definition) is 0. The third-order valence-corrected chi connectivity index (χ3v) is 11.9. The van der Waals surface area contributed by atoms with Crippen LogP contribution in [0.25, 0.3) is 128 Å². The van der Waals surface area contributed by atoms with E-state index in [1.807, 2.05) is 109 Å². The van der Waals surface area contributed by atoms with E-state index in [0.717, 1.165) is 88.1 Å². The van der Waals surface area contributed by atoms with Gasteiger partial charge in [-0.05, 0) is 59.7 Å². The maximum Gasteiger partial charge on any atom is 0.238 e. The third-order valence-electron chi connectivity index (χ3n) is 11.9. The Morgan fingerprint density at radius 2 is 0.968 bits per heavy atom. The lowest BCUT2D eigenvalue weighted by Gasteiger charge is -2.11. The second-order valence-electron chi connectivity index (χ2n) is 15.6. The van der Waals surface area contributed by atoms with E-state index in [1.54, 1.807) is 0 Å². The molecule has 0 atom stereocenters. The van der Waals surface area contributed by atoms with Crippen LogP contribution >= 0.6 is 0 Å². The summed E-state index contributed by atoms with van der Waals surface area (Å²) < 4.78 is 15.4. The quantitative estimate of drug-likeness (QED) is 0.165. The van der Waals surface area contributed by atoms with Crippen molar-refractivity contribution in [2.45, 2.75) is 0 Å². The molecule has 0 aliphatic carbocycles. The van der Waals surface area contributed by atoms with Gasteiger partial charge in [0.05, 0.1) is 16.6 Å². The molecule has 0 amide bonds. The van der Waals surface area contributed by atoms with Crippen LogP contribution in [0, 0.1) is 0 Å². The molecular formula is C55H32N6O2.